The first-order valence-electron chi connectivity index (χ1n) is 19.5. The van der Waals surface area contributed by atoms with Gasteiger partial charge in [0.15, 0.2) is 0 Å². The summed E-state index contributed by atoms with van der Waals surface area (Å²) in [5.74, 6) is -0.956. The molecule has 10 aromatic rings. The van der Waals surface area contributed by atoms with Gasteiger partial charge in [-0.05, 0) is 62.5 Å². The van der Waals surface area contributed by atoms with Crippen LogP contribution in [0.5, 0.6) is 0 Å². The van der Waals surface area contributed by atoms with Crippen LogP contribution in [0.15, 0.2) is 188 Å². The summed E-state index contributed by atoms with van der Waals surface area (Å²) in [7, 11) is 0. The van der Waals surface area contributed by atoms with Gasteiger partial charge in [-0.3, -0.25) is 15.0 Å². The Morgan fingerprint density at radius 2 is 1.08 bits per heavy atom. The summed E-state index contributed by atoms with van der Waals surface area (Å²) in [6.45, 7) is 6.51. The Hall–Kier alpha value is -6.85. The van der Waals surface area contributed by atoms with Crippen molar-refractivity contribution in [2.24, 2.45) is 0 Å². The number of hydrogen-bond acceptors (Lipinski definition) is 4. The molecule has 0 aliphatic rings. The number of hydrogen-bond donors (Lipinski definition) is 1. The summed E-state index contributed by atoms with van der Waals surface area (Å²) >= 11 is 0. The Balaban J connectivity index is 0.000000135. The van der Waals surface area contributed by atoms with Crippen LogP contribution in [0.3, 0.4) is 0 Å². The monoisotopic (exact) mass is 956 g/mol. The topological polar surface area (TPSA) is 76.0 Å². The minimum atomic E-state index is -0.956. The molecule has 0 bridgehead atoms. The fourth-order valence-corrected chi connectivity index (χ4v) is 7.17. The van der Waals surface area contributed by atoms with E-state index < -0.39 is 5.97 Å². The summed E-state index contributed by atoms with van der Waals surface area (Å²) in [6, 6.07) is 65.5. The maximum Gasteiger partial charge on any atom is 0.337 e. The number of fused-ring (bicyclic) bond motifs is 6. The molecule has 0 aliphatic heterocycles. The summed E-state index contributed by atoms with van der Waals surface area (Å²) in [6.07, 6.45) is 3.35. The van der Waals surface area contributed by atoms with E-state index in [-0.39, 0.29) is 31.1 Å². The normalized spacial score (nSPS) is 10.9. The Morgan fingerprint density at radius 1 is 0.517 bits per heavy atom. The van der Waals surface area contributed by atoms with E-state index in [0.717, 1.165) is 39.1 Å². The molecule has 6 heteroatoms. The van der Waals surface area contributed by atoms with Crippen LogP contribution in [-0.4, -0.2) is 26.0 Å². The molecule has 0 saturated heterocycles. The quantitative estimate of drug-likeness (QED) is 0.140. The first kappa shape index (κ1) is 41.3. The third-order valence-electron chi connectivity index (χ3n) is 10.3. The van der Waals surface area contributed by atoms with E-state index in [1.54, 1.807) is 12.1 Å². The van der Waals surface area contributed by atoms with Crippen molar-refractivity contribution in [2.45, 2.75) is 26.2 Å². The van der Waals surface area contributed by atoms with E-state index in [9.17, 15) is 4.79 Å². The number of carboxylic acids is 1. The van der Waals surface area contributed by atoms with Gasteiger partial charge in [-0.25, -0.2) is 4.79 Å². The van der Waals surface area contributed by atoms with Crippen LogP contribution in [0.4, 0.5) is 0 Å². The molecular weight excluding hydrogens is 915 g/mol. The molecule has 0 spiro atoms. The number of carbonyl (C=O) groups is 1. The van der Waals surface area contributed by atoms with Crippen molar-refractivity contribution in [3.8, 4) is 33.6 Å². The molecule has 1 radical (unpaired) electrons. The Labute approximate surface area is 363 Å². The molecule has 60 heavy (non-hydrogen) atoms. The minimum Gasteiger partial charge on any atom is -0.478 e. The molecule has 5 nitrogen and oxygen atoms in total. The van der Waals surface area contributed by atoms with Crippen LogP contribution >= 0.6 is 0 Å². The van der Waals surface area contributed by atoms with Gasteiger partial charge in [-0.15, -0.1) is 71.8 Å². The second-order valence-corrected chi connectivity index (χ2v) is 15.2. The zero-order valence-corrected chi connectivity index (χ0v) is 35.8. The van der Waals surface area contributed by atoms with Gasteiger partial charge >= 0.3 is 5.97 Å². The fourth-order valence-electron chi connectivity index (χ4n) is 7.17. The fraction of sp³-hybridized carbons (Fsp3) is 0.0741. The zero-order valence-electron chi connectivity index (χ0n) is 33.4. The zero-order chi connectivity index (χ0) is 40.8. The largest absolute Gasteiger partial charge is 0.478 e. The predicted molar refractivity (Wildman–Crippen MR) is 242 cm³/mol. The maximum absolute atomic E-state index is 10.8. The van der Waals surface area contributed by atoms with Crippen LogP contribution in [-0.2, 0) is 25.5 Å². The van der Waals surface area contributed by atoms with Crippen LogP contribution < -0.4 is 0 Å². The van der Waals surface area contributed by atoms with E-state index in [0.29, 0.717) is 0 Å². The van der Waals surface area contributed by atoms with Crippen molar-refractivity contribution >= 4 is 49.3 Å². The van der Waals surface area contributed by atoms with Gasteiger partial charge in [0, 0.05) is 48.8 Å². The van der Waals surface area contributed by atoms with Gasteiger partial charge in [-0.2, -0.15) is 0 Å². The summed E-state index contributed by atoms with van der Waals surface area (Å²) < 4.78 is 0. The molecule has 0 atom stereocenters. The van der Waals surface area contributed by atoms with Crippen LogP contribution in [0.25, 0.3) is 77.0 Å². The molecule has 0 aliphatic carbocycles. The average Bonchev–Trinajstić information content (AvgIpc) is 3.29. The first-order valence-corrected chi connectivity index (χ1v) is 19.5. The standard InChI is InChI=1S/2C19H12N.C16H17NO2.Ir/c1-2-8-14(9-3-1)19-17-12-5-4-10-15(17)16-11-6-7-13-18(16)20-19;1-2-7-14(8-3-1)15-10-6-11-16-17-9-4-5-12-19(17)20-13-18(15)16;1-16(2,3)13-7-4-11(5-8-13)14-9-6-12(10-17-14)15(18)19;/h1-8,10-13H;1-7,9-13H;4-10H,1-3H3,(H,18,19);/q2*-1;;. The van der Waals surface area contributed by atoms with Crippen LogP contribution in [0, 0.1) is 12.1 Å². The van der Waals surface area contributed by atoms with Gasteiger partial charge in [0.25, 0.3) is 0 Å². The van der Waals surface area contributed by atoms with Gasteiger partial charge in [0.2, 0.25) is 0 Å². The molecule has 3 heterocycles. The molecule has 3 aromatic heterocycles. The smallest absolute Gasteiger partial charge is 0.337 e. The van der Waals surface area contributed by atoms with Crippen molar-refractivity contribution in [3.63, 3.8) is 0 Å². The molecule has 10 rings (SSSR count). The van der Waals surface area contributed by atoms with E-state index in [1.807, 2.05) is 66.9 Å². The van der Waals surface area contributed by atoms with E-state index >= 15 is 0 Å². The minimum absolute atomic E-state index is 0. The second kappa shape index (κ2) is 18.4. The summed E-state index contributed by atoms with van der Waals surface area (Å²) in [5, 5.41) is 16.1. The SMILES string of the molecule is CC(C)(C)c1ccc(-c2ccc(C(=O)O)cn2)cc1.[Ir].[c-]1ccccc1-c1cccc2c1cnc1ccccc12.[c-]1ccccc1-c1nc2ccccc2c2ccccc12. The van der Waals surface area contributed by atoms with Gasteiger partial charge < -0.3 is 5.11 Å². The number of aromatic nitrogens is 3. The number of para-hydroxylation sites is 2. The van der Waals surface area contributed by atoms with Crippen LogP contribution in [0.2, 0.25) is 0 Å². The molecule has 0 amide bonds. The number of carboxylic acid groups (broad SMARTS) is 1. The second-order valence-electron chi connectivity index (χ2n) is 15.2. The van der Waals surface area contributed by atoms with Gasteiger partial charge in [0.05, 0.1) is 22.3 Å². The summed E-state index contributed by atoms with van der Waals surface area (Å²) in [5.41, 5.74) is 9.75. The maximum atomic E-state index is 10.8. The van der Waals surface area contributed by atoms with E-state index in [1.165, 1.54) is 49.6 Å². The van der Waals surface area contributed by atoms with Crippen molar-refractivity contribution in [1.82, 2.24) is 15.0 Å². The summed E-state index contributed by atoms with van der Waals surface area (Å²) in [4.78, 5) is 24.4. The number of nitrogens with zero attached hydrogens (tertiary/aromatic N) is 3. The Kier molecular flexibility index (Phi) is 12.7. The van der Waals surface area contributed by atoms with Gasteiger partial charge in [-0.1, -0.05) is 129 Å². The number of pyridine rings is 3. The van der Waals surface area contributed by atoms with Crippen molar-refractivity contribution < 1.29 is 30.0 Å². The van der Waals surface area contributed by atoms with Crippen LogP contribution in [0.1, 0.15) is 36.7 Å². The molecule has 0 fully saturated rings. The Bertz CT molecular complexity index is 3010. The van der Waals surface area contributed by atoms with Gasteiger partial charge in [0.1, 0.15) is 0 Å². The van der Waals surface area contributed by atoms with E-state index in [4.69, 9.17) is 10.1 Å². The third-order valence-corrected chi connectivity index (χ3v) is 10.3. The van der Waals surface area contributed by atoms with Crippen molar-refractivity contribution in [3.05, 3.63) is 212 Å². The Morgan fingerprint density at radius 3 is 1.70 bits per heavy atom. The first-order chi connectivity index (χ1) is 28.7. The van der Waals surface area contributed by atoms with E-state index in [2.05, 4.69) is 146 Å². The van der Waals surface area contributed by atoms with Crippen molar-refractivity contribution in [1.29, 1.82) is 0 Å². The molecule has 7 aromatic carbocycles. The number of aromatic carboxylic acids is 1. The van der Waals surface area contributed by atoms with Crippen molar-refractivity contribution in [2.75, 3.05) is 0 Å². The number of rotatable bonds is 4. The predicted octanol–water partition coefficient (Wildman–Crippen LogP) is 13.5. The molecule has 1 N–H and O–H groups in total. The molecular formula is C54H41IrN3O2-2. The third kappa shape index (κ3) is 9.06. The molecule has 0 saturated carbocycles. The average molecular weight is 956 g/mol. The number of benzene rings is 7. The molecule has 0 unspecified atom stereocenters. The molecule has 295 valence electrons.